The standard InChI is InChI=1S/C22H17N3O5S/c1-24-21(26)20(31-22(24)23-14-7-9-15(29-2)10-8-14)13-16-11-12-19(30-16)17-5-3-4-6-18(17)25(27)28/h3-13H,1-2H3. The second kappa shape index (κ2) is 8.49. The van der Waals surface area contributed by atoms with E-state index in [2.05, 4.69) is 4.99 Å². The van der Waals surface area contributed by atoms with Crippen LogP contribution in [0.4, 0.5) is 11.4 Å². The van der Waals surface area contributed by atoms with Crippen LogP contribution in [-0.4, -0.2) is 35.1 Å². The van der Waals surface area contributed by atoms with Crippen LogP contribution in [0.15, 0.2) is 75.0 Å². The first-order valence-corrected chi connectivity index (χ1v) is 10.0. The topological polar surface area (TPSA) is 98.2 Å². The molecule has 9 heteroatoms. The minimum Gasteiger partial charge on any atom is -0.497 e. The Labute approximate surface area is 182 Å². The van der Waals surface area contributed by atoms with E-state index in [9.17, 15) is 14.9 Å². The molecule has 0 bridgehead atoms. The highest BCUT2D eigenvalue weighted by molar-refractivity contribution is 8.18. The van der Waals surface area contributed by atoms with Gasteiger partial charge in [-0.05, 0) is 54.2 Å². The maximum atomic E-state index is 12.6. The molecule has 1 aliphatic rings. The summed E-state index contributed by atoms with van der Waals surface area (Å²) in [4.78, 5) is 29.9. The van der Waals surface area contributed by atoms with Gasteiger partial charge in [-0.15, -0.1) is 0 Å². The van der Waals surface area contributed by atoms with Gasteiger partial charge in [-0.3, -0.25) is 19.8 Å². The number of thioether (sulfide) groups is 1. The summed E-state index contributed by atoms with van der Waals surface area (Å²) in [7, 11) is 3.24. The molecule has 156 valence electrons. The molecule has 0 unspecified atom stereocenters. The number of carbonyl (C=O) groups is 1. The Hall–Kier alpha value is -3.85. The number of amides is 1. The summed E-state index contributed by atoms with van der Waals surface area (Å²) in [6, 6.07) is 16.9. The van der Waals surface area contributed by atoms with Crippen molar-refractivity contribution in [1.29, 1.82) is 0 Å². The molecule has 0 saturated carbocycles. The second-order valence-corrected chi connectivity index (χ2v) is 7.55. The molecule has 0 atom stereocenters. The van der Waals surface area contributed by atoms with Gasteiger partial charge < -0.3 is 9.15 Å². The van der Waals surface area contributed by atoms with Crippen LogP contribution in [0.2, 0.25) is 0 Å². The van der Waals surface area contributed by atoms with Gasteiger partial charge in [0.1, 0.15) is 17.3 Å². The maximum absolute atomic E-state index is 12.6. The summed E-state index contributed by atoms with van der Waals surface area (Å²) < 4.78 is 10.9. The number of likely N-dealkylation sites (N-methyl/N-ethyl adjacent to an activating group) is 1. The lowest BCUT2D eigenvalue weighted by atomic mass is 10.1. The van der Waals surface area contributed by atoms with Crippen molar-refractivity contribution in [2.75, 3.05) is 14.2 Å². The van der Waals surface area contributed by atoms with Crippen LogP contribution >= 0.6 is 11.8 Å². The second-order valence-electron chi connectivity index (χ2n) is 6.54. The van der Waals surface area contributed by atoms with Gasteiger partial charge >= 0.3 is 0 Å². The number of nitro groups is 1. The van der Waals surface area contributed by atoms with Crippen molar-refractivity contribution in [3.05, 3.63) is 81.4 Å². The fraction of sp³-hybridized carbons (Fsp3) is 0.0909. The molecule has 1 saturated heterocycles. The lowest BCUT2D eigenvalue weighted by molar-refractivity contribution is -0.384. The maximum Gasteiger partial charge on any atom is 0.280 e. The molecule has 8 nitrogen and oxygen atoms in total. The Bertz CT molecular complexity index is 1210. The molecule has 31 heavy (non-hydrogen) atoms. The molecule has 3 aromatic rings. The van der Waals surface area contributed by atoms with E-state index in [4.69, 9.17) is 9.15 Å². The van der Waals surface area contributed by atoms with Crippen molar-refractivity contribution in [1.82, 2.24) is 4.90 Å². The zero-order valence-corrected chi connectivity index (χ0v) is 17.5. The molecule has 2 heterocycles. The Morgan fingerprint density at radius 1 is 1.13 bits per heavy atom. The smallest absolute Gasteiger partial charge is 0.280 e. The number of ether oxygens (including phenoxy) is 1. The first-order chi connectivity index (χ1) is 15.0. The number of rotatable bonds is 5. The molecule has 2 aromatic carbocycles. The van der Waals surface area contributed by atoms with Crippen molar-refractivity contribution in [3.8, 4) is 17.1 Å². The van der Waals surface area contributed by atoms with Crippen LogP contribution in [0.3, 0.4) is 0 Å². The molecule has 1 aliphatic heterocycles. The van der Waals surface area contributed by atoms with E-state index in [1.165, 1.54) is 22.7 Å². The monoisotopic (exact) mass is 435 g/mol. The number of carbonyl (C=O) groups excluding carboxylic acids is 1. The van der Waals surface area contributed by atoms with Gasteiger partial charge in [0.05, 0.1) is 28.2 Å². The molecular weight excluding hydrogens is 418 g/mol. The number of amidine groups is 1. The minimum atomic E-state index is -0.455. The third kappa shape index (κ3) is 4.22. The van der Waals surface area contributed by atoms with E-state index in [-0.39, 0.29) is 11.6 Å². The van der Waals surface area contributed by atoms with Gasteiger partial charge in [0, 0.05) is 19.2 Å². The van der Waals surface area contributed by atoms with Crippen LogP contribution in [0.25, 0.3) is 17.4 Å². The number of hydrogen-bond acceptors (Lipinski definition) is 7. The van der Waals surface area contributed by atoms with Crippen LogP contribution in [0, 0.1) is 10.1 Å². The lowest BCUT2D eigenvalue weighted by Crippen LogP contribution is -2.23. The highest BCUT2D eigenvalue weighted by Crippen LogP contribution is 2.35. The number of nitro benzene ring substituents is 1. The van der Waals surface area contributed by atoms with Gasteiger partial charge in [-0.25, -0.2) is 4.99 Å². The number of benzene rings is 2. The van der Waals surface area contributed by atoms with E-state index in [1.54, 1.807) is 74.8 Å². The zero-order valence-electron chi connectivity index (χ0n) is 16.6. The number of hydrogen-bond donors (Lipinski definition) is 0. The summed E-state index contributed by atoms with van der Waals surface area (Å²) in [6.45, 7) is 0. The molecule has 0 N–H and O–H groups in total. The lowest BCUT2D eigenvalue weighted by Gasteiger charge is -2.07. The van der Waals surface area contributed by atoms with Gasteiger partial charge in [0.25, 0.3) is 11.6 Å². The largest absolute Gasteiger partial charge is 0.497 e. The summed E-state index contributed by atoms with van der Waals surface area (Å²) in [5.74, 6) is 1.29. The highest BCUT2D eigenvalue weighted by Gasteiger charge is 2.30. The van der Waals surface area contributed by atoms with Gasteiger partial charge in [0.2, 0.25) is 0 Å². The fourth-order valence-electron chi connectivity index (χ4n) is 2.96. The first-order valence-electron chi connectivity index (χ1n) is 9.20. The number of furan rings is 1. The van der Waals surface area contributed by atoms with Crippen molar-refractivity contribution in [3.63, 3.8) is 0 Å². The average Bonchev–Trinajstić information content (AvgIpc) is 3.35. The Kier molecular flexibility index (Phi) is 5.59. The molecule has 0 spiro atoms. The Morgan fingerprint density at radius 3 is 2.58 bits per heavy atom. The van der Waals surface area contributed by atoms with Crippen LogP contribution in [0.5, 0.6) is 5.75 Å². The van der Waals surface area contributed by atoms with Gasteiger partial charge in [-0.2, -0.15) is 0 Å². The summed E-state index contributed by atoms with van der Waals surface area (Å²) in [5.41, 5.74) is 1.03. The third-order valence-electron chi connectivity index (χ3n) is 4.57. The summed E-state index contributed by atoms with van der Waals surface area (Å²) in [5, 5.41) is 11.8. The minimum absolute atomic E-state index is 0.0454. The number of para-hydroxylation sites is 1. The predicted octanol–water partition coefficient (Wildman–Crippen LogP) is 5.10. The van der Waals surface area contributed by atoms with E-state index in [1.807, 2.05) is 0 Å². The Morgan fingerprint density at radius 2 is 1.87 bits per heavy atom. The average molecular weight is 435 g/mol. The highest BCUT2D eigenvalue weighted by atomic mass is 32.2. The van der Waals surface area contributed by atoms with E-state index < -0.39 is 4.92 Å². The van der Waals surface area contributed by atoms with Crippen molar-refractivity contribution in [2.24, 2.45) is 4.99 Å². The van der Waals surface area contributed by atoms with Crippen molar-refractivity contribution >= 4 is 40.3 Å². The molecule has 0 radical (unpaired) electrons. The number of nitrogens with zero attached hydrogens (tertiary/aromatic N) is 3. The molecular formula is C22H17N3O5S. The fourth-order valence-corrected chi connectivity index (χ4v) is 3.93. The summed E-state index contributed by atoms with van der Waals surface area (Å²) in [6.07, 6.45) is 1.61. The quantitative estimate of drug-likeness (QED) is 0.314. The molecule has 1 aromatic heterocycles. The van der Waals surface area contributed by atoms with Crippen LogP contribution in [-0.2, 0) is 4.79 Å². The van der Waals surface area contributed by atoms with Gasteiger partial charge in [0.15, 0.2) is 5.17 Å². The molecule has 4 rings (SSSR count). The summed E-state index contributed by atoms with van der Waals surface area (Å²) >= 11 is 1.23. The van der Waals surface area contributed by atoms with Crippen LogP contribution < -0.4 is 4.74 Å². The van der Waals surface area contributed by atoms with Crippen LogP contribution in [0.1, 0.15) is 5.76 Å². The van der Waals surface area contributed by atoms with Gasteiger partial charge in [-0.1, -0.05) is 12.1 Å². The zero-order chi connectivity index (χ0) is 22.0. The molecule has 0 aliphatic carbocycles. The SMILES string of the molecule is COc1ccc(N=C2SC(=Cc3ccc(-c4ccccc4[N+](=O)[O-])o3)C(=O)N2C)cc1. The molecule has 1 fully saturated rings. The van der Waals surface area contributed by atoms with Crippen molar-refractivity contribution < 1.29 is 18.9 Å². The number of aliphatic imine (C=N–C) groups is 1. The Balaban J connectivity index is 1.59. The third-order valence-corrected chi connectivity index (χ3v) is 5.63. The molecule has 1 amide bonds. The predicted molar refractivity (Wildman–Crippen MR) is 119 cm³/mol. The van der Waals surface area contributed by atoms with E-state index in [0.29, 0.717) is 32.8 Å². The number of methoxy groups -OCH3 is 1. The van der Waals surface area contributed by atoms with E-state index in [0.717, 1.165) is 5.75 Å². The normalized spacial score (nSPS) is 16.3. The van der Waals surface area contributed by atoms with Crippen molar-refractivity contribution in [2.45, 2.75) is 0 Å². The van der Waals surface area contributed by atoms with E-state index >= 15 is 0 Å². The first kappa shape index (κ1) is 20.4.